The zero-order valence-electron chi connectivity index (χ0n) is 11.6. The summed E-state index contributed by atoms with van der Waals surface area (Å²) < 4.78 is 10.7. The van der Waals surface area contributed by atoms with Gasteiger partial charge in [0, 0.05) is 24.2 Å². The van der Waals surface area contributed by atoms with Crippen LogP contribution in [0.25, 0.3) is 0 Å². The second-order valence-electron chi connectivity index (χ2n) is 4.70. The molecule has 1 aliphatic rings. The minimum absolute atomic E-state index is 0.0787. The Morgan fingerprint density at radius 3 is 2.58 bits per heavy atom. The Kier molecular flexibility index (Phi) is 4.82. The summed E-state index contributed by atoms with van der Waals surface area (Å²) in [5, 5.41) is 3.58. The van der Waals surface area contributed by atoms with Crippen molar-refractivity contribution in [1.29, 1.82) is 0 Å². The molecule has 4 heteroatoms. The summed E-state index contributed by atoms with van der Waals surface area (Å²) in [6.07, 6.45) is 6.52. The Morgan fingerprint density at radius 1 is 1.26 bits per heavy atom. The molecule has 1 atom stereocenters. The highest BCUT2D eigenvalue weighted by atomic mass is 16.5. The van der Waals surface area contributed by atoms with Gasteiger partial charge in [-0.2, -0.15) is 0 Å². The first kappa shape index (κ1) is 13.9. The molecule has 0 saturated carbocycles. The van der Waals surface area contributed by atoms with Crippen LogP contribution < -0.4 is 20.5 Å². The SMILES string of the molecule is COc1ccc(OC)c(C(CN)NC2CC=CC2)c1. The standard InChI is InChI=1S/C15H22N2O2/c1-18-12-7-8-15(19-2)13(9-12)14(10-16)17-11-5-3-4-6-11/h3-4,7-9,11,14,17H,5-6,10,16H2,1-2H3. The van der Waals surface area contributed by atoms with Crippen LogP contribution in [0.1, 0.15) is 24.4 Å². The van der Waals surface area contributed by atoms with E-state index in [1.165, 1.54) is 0 Å². The molecule has 0 heterocycles. The second kappa shape index (κ2) is 6.59. The van der Waals surface area contributed by atoms with Gasteiger partial charge in [-0.15, -0.1) is 0 Å². The third-order valence-corrected chi connectivity index (χ3v) is 3.49. The zero-order chi connectivity index (χ0) is 13.7. The summed E-state index contributed by atoms with van der Waals surface area (Å²) >= 11 is 0. The van der Waals surface area contributed by atoms with Crippen molar-refractivity contribution in [2.75, 3.05) is 20.8 Å². The molecule has 0 aromatic heterocycles. The van der Waals surface area contributed by atoms with Crippen LogP contribution in [0.4, 0.5) is 0 Å². The highest BCUT2D eigenvalue weighted by Crippen LogP contribution is 2.30. The minimum Gasteiger partial charge on any atom is -0.497 e. The van der Waals surface area contributed by atoms with Gasteiger partial charge in [-0.25, -0.2) is 0 Å². The molecular formula is C15H22N2O2. The van der Waals surface area contributed by atoms with Gasteiger partial charge >= 0.3 is 0 Å². The van der Waals surface area contributed by atoms with Crippen molar-refractivity contribution in [1.82, 2.24) is 5.32 Å². The fourth-order valence-corrected chi connectivity index (χ4v) is 2.43. The topological polar surface area (TPSA) is 56.5 Å². The molecule has 0 fully saturated rings. The molecule has 104 valence electrons. The number of hydrogen-bond donors (Lipinski definition) is 2. The van der Waals surface area contributed by atoms with Gasteiger partial charge in [0.05, 0.1) is 14.2 Å². The van der Waals surface area contributed by atoms with Crippen LogP contribution in [-0.2, 0) is 0 Å². The lowest BCUT2D eigenvalue weighted by molar-refractivity contribution is 0.382. The van der Waals surface area contributed by atoms with Crippen LogP contribution in [0, 0.1) is 0 Å². The summed E-state index contributed by atoms with van der Waals surface area (Å²) in [5.74, 6) is 1.66. The van der Waals surface area contributed by atoms with Crippen LogP contribution in [0.2, 0.25) is 0 Å². The van der Waals surface area contributed by atoms with E-state index in [1.807, 2.05) is 18.2 Å². The van der Waals surface area contributed by atoms with E-state index in [1.54, 1.807) is 14.2 Å². The molecule has 19 heavy (non-hydrogen) atoms. The average molecular weight is 262 g/mol. The average Bonchev–Trinajstić information content (AvgIpc) is 2.97. The first-order valence-electron chi connectivity index (χ1n) is 6.61. The van der Waals surface area contributed by atoms with Crippen LogP contribution in [0.3, 0.4) is 0 Å². The molecule has 0 bridgehead atoms. The number of methoxy groups -OCH3 is 2. The van der Waals surface area contributed by atoms with Gasteiger partial charge < -0.3 is 20.5 Å². The summed E-state index contributed by atoms with van der Waals surface area (Å²) in [7, 11) is 3.34. The number of rotatable bonds is 6. The first-order valence-corrected chi connectivity index (χ1v) is 6.61. The lowest BCUT2D eigenvalue weighted by Gasteiger charge is -2.24. The zero-order valence-corrected chi connectivity index (χ0v) is 11.6. The third-order valence-electron chi connectivity index (χ3n) is 3.49. The molecule has 0 spiro atoms. The Hall–Kier alpha value is -1.52. The van der Waals surface area contributed by atoms with Crippen molar-refractivity contribution in [2.24, 2.45) is 5.73 Å². The van der Waals surface area contributed by atoms with Gasteiger partial charge in [-0.05, 0) is 31.0 Å². The van der Waals surface area contributed by atoms with Crippen molar-refractivity contribution in [3.63, 3.8) is 0 Å². The van der Waals surface area contributed by atoms with Crippen molar-refractivity contribution in [3.8, 4) is 11.5 Å². The Morgan fingerprint density at radius 2 is 2.00 bits per heavy atom. The Balaban J connectivity index is 2.19. The van der Waals surface area contributed by atoms with Crippen molar-refractivity contribution < 1.29 is 9.47 Å². The van der Waals surface area contributed by atoms with Crippen LogP contribution in [0.5, 0.6) is 11.5 Å². The number of nitrogens with two attached hydrogens (primary N) is 1. The van der Waals surface area contributed by atoms with E-state index in [2.05, 4.69) is 17.5 Å². The van der Waals surface area contributed by atoms with Crippen molar-refractivity contribution in [3.05, 3.63) is 35.9 Å². The summed E-state index contributed by atoms with van der Waals surface area (Å²) in [6.45, 7) is 0.528. The Bertz CT molecular complexity index is 438. The molecule has 0 aliphatic heterocycles. The molecule has 3 N–H and O–H groups in total. The van der Waals surface area contributed by atoms with Gasteiger partial charge in [-0.3, -0.25) is 0 Å². The lowest BCUT2D eigenvalue weighted by atomic mass is 10.0. The van der Waals surface area contributed by atoms with Crippen molar-refractivity contribution >= 4 is 0 Å². The maximum atomic E-state index is 5.92. The first-order chi connectivity index (χ1) is 9.28. The molecule has 1 aromatic rings. The quantitative estimate of drug-likeness (QED) is 0.770. The predicted octanol–water partition coefficient (Wildman–Crippen LogP) is 2.01. The molecular weight excluding hydrogens is 240 g/mol. The second-order valence-corrected chi connectivity index (χ2v) is 4.70. The monoisotopic (exact) mass is 262 g/mol. The summed E-state index contributed by atoms with van der Waals surface area (Å²) in [5.41, 5.74) is 6.97. The van der Waals surface area contributed by atoms with E-state index in [-0.39, 0.29) is 6.04 Å². The number of ether oxygens (including phenoxy) is 2. The number of nitrogens with one attached hydrogen (secondary N) is 1. The van der Waals surface area contributed by atoms with Gasteiger partial charge in [0.1, 0.15) is 11.5 Å². The van der Waals surface area contributed by atoms with Gasteiger partial charge in [0.25, 0.3) is 0 Å². The number of benzene rings is 1. The molecule has 0 amide bonds. The van der Waals surface area contributed by atoms with E-state index in [9.17, 15) is 0 Å². The number of hydrogen-bond acceptors (Lipinski definition) is 4. The van der Waals surface area contributed by atoms with Gasteiger partial charge in [0.15, 0.2) is 0 Å². The highest BCUT2D eigenvalue weighted by Gasteiger charge is 2.20. The maximum Gasteiger partial charge on any atom is 0.123 e. The molecule has 4 nitrogen and oxygen atoms in total. The van der Waals surface area contributed by atoms with Crippen LogP contribution in [0.15, 0.2) is 30.4 Å². The fourth-order valence-electron chi connectivity index (χ4n) is 2.43. The lowest BCUT2D eigenvalue weighted by Crippen LogP contribution is -2.35. The maximum absolute atomic E-state index is 5.92. The van der Waals surface area contributed by atoms with Gasteiger partial charge in [0.2, 0.25) is 0 Å². The summed E-state index contributed by atoms with van der Waals surface area (Å²) in [4.78, 5) is 0. The molecule has 1 unspecified atom stereocenters. The van der Waals surface area contributed by atoms with Gasteiger partial charge in [-0.1, -0.05) is 12.2 Å². The minimum atomic E-state index is 0.0787. The van der Waals surface area contributed by atoms with E-state index >= 15 is 0 Å². The molecule has 2 rings (SSSR count). The molecule has 1 aromatic carbocycles. The molecule has 1 aliphatic carbocycles. The molecule has 0 radical (unpaired) electrons. The van der Waals surface area contributed by atoms with Crippen LogP contribution >= 0.6 is 0 Å². The van der Waals surface area contributed by atoms with Crippen molar-refractivity contribution in [2.45, 2.75) is 24.9 Å². The Labute approximate surface area is 114 Å². The largest absolute Gasteiger partial charge is 0.497 e. The van der Waals surface area contributed by atoms with Crippen LogP contribution in [-0.4, -0.2) is 26.8 Å². The predicted molar refractivity (Wildman–Crippen MR) is 76.6 cm³/mol. The highest BCUT2D eigenvalue weighted by molar-refractivity contribution is 5.42. The third kappa shape index (κ3) is 3.28. The van der Waals surface area contributed by atoms with E-state index < -0.39 is 0 Å². The summed E-state index contributed by atoms with van der Waals surface area (Å²) in [6, 6.07) is 6.35. The molecule has 0 saturated heterocycles. The van der Waals surface area contributed by atoms with E-state index in [4.69, 9.17) is 15.2 Å². The normalized spacial score (nSPS) is 16.6. The van der Waals surface area contributed by atoms with E-state index in [0.717, 1.165) is 29.9 Å². The fraction of sp³-hybridized carbons (Fsp3) is 0.467. The smallest absolute Gasteiger partial charge is 0.123 e. The van der Waals surface area contributed by atoms with E-state index in [0.29, 0.717) is 12.6 Å².